The Labute approximate surface area is 99.5 Å². The van der Waals surface area contributed by atoms with Gasteiger partial charge in [0.25, 0.3) is 11.8 Å². The predicted octanol–water partition coefficient (Wildman–Crippen LogP) is 1.56. The molecule has 0 unspecified atom stereocenters. The number of nitrogens with zero attached hydrogens (tertiary/aromatic N) is 4. The van der Waals surface area contributed by atoms with Gasteiger partial charge in [0.05, 0.1) is 0 Å². The third-order valence-corrected chi connectivity index (χ3v) is 2.45. The van der Waals surface area contributed by atoms with Gasteiger partial charge in [-0.3, -0.25) is 0 Å². The third-order valence-electron chi connectivity index (χ3n) is 2.45. The standard InChI is InChI=1S/C11H15N5O/c1-3-16(4-2)11-14-10(17-15-11)8-6-5-7-9(12)13-8/h5-7H,3-4H2,1-2H3,(H2,12,13). The van der Waals surface area contributed by atoms with E-state index in [0.717, 1.165) is 13.1 Å². The van der Waals surface area contributed by atoms with E-state index in [1.54, 1.807) is 18.2 Å². The molecule has 0 aromatic carbocycles. The highest BCUT2D eigenvalue weighted by molar-refractivity contribution is 5.51. The summed E-state index contributed by atoms with van der Waals surface area (Å²) in [5.41, 5.74) is 6.20. The summed E-state index contributed by atoms with van der Waals surface area (Å²) >= 11 is 0. The number of hydrogen-bond acceptors (Lipinski definition) is 6. The lowest BCUT2D eigenvalue weighted by atomic mass is 10.3. The third kappa shape index (κ3) is 2.35. The molecule has 2 heterocycles. The quantitative estimate of drug-likeness (QED) is 0.863. The van der Waals surface area contributed by atoms with Crippen molar-refractivity contribution >= 4 is 11.8 Å². The van der Waals surface area contributed by atoms with Crippen molar-refractivity contribution in [3.8, 4) is 11.6 Å². The van der Waals surface area contributed by atoms with Crippen molar-refractivity contribution in [1.82, 2.24) is 15.1 Å². The predicted molar refractivity (Wildman–Crippen MR) is 65.5 cm³/mol. The average molecular weight is 233 g/mol. The molecule has 0 atom stereocenters. The summed E-state index contributed by atoms with van der Waals surface area (Å²) in [5.74, 6) is 1.40. The lowest BCUT2D eigenvalue weighted by Crippen LogP contribution is -2.22. The monoisotopic (exact) mass is 233 g/mol. The Morgan fingerprint density at radius 3 is 2.65 bits per heavy atom. The van der Waals surface area contributed by atoms with Gasteiger partial charge in [-0.2, -0.15) is 4.98 Å². The Morgan fingerprint density at radius 2 is 2.00 bits per heavy atom. The van der Waals surface area contributed by atoms with Crippen molar-refractivity contribution in [1.29, 1.82) is 0 Å². The minimum Gasteiger partial charge on any atom is -0.384 e. The molecule has 0 saturated heterocycles. The fourth-order valence-electron chi connectivity index (χ4n) is 1.53. The largest absolute Gasteiger partial charge is 0.384 e. The van der Waals surface area contributed by atoms with Gasteiger partial charge in [-0.1, -0.05) is 6.07 Å². The van der Waals surface area contributed by atoms with Crippen LogP contribution >= 0.6 is 0 Å². The van der Waals surface area contributed by atoms with Gasteiger partial charge in [0, 0.05) is 13.1 Å². The summed E-state index contributed by atoms with van der Waals surface area (Å²) in [7, 11) is 0. The molecule has 0 amide bonds. The van der Waals surface area contributed by atoms with Crippen LogP contribution in [0.4, 0.5) is 11.8 Å². The topological polar surface area (TPSA) is 81.1 Å². The minimum atomic E-state index is 0.388. The van der Waals surface area contributed by atoms with Crippen LogP contribution in [-0.4, -0.2) is 28.2 Å². The number of hydrogen-bond donors (Lipinski definition) is 1. The Kier molecular flexibility index (Phi) is 3.22. The molecular formula is C11H15N5O. The molecule has 6 nitrogen and oxygen atoms in total. The van der Waals surface area contributed by atoms with Gasteiger partial charge in [-0.15, -0.1) is 0 Å². The molecule has 0 aliphatic heterocycles. The number of rotatable bonds is 4. The molecule has 0 fully saturated rings. The van der Waals surface area contributed by atoms with E-state index in [0.29, 0.717) is 23.4 Å². The maximum Gasteiger partial charge on any atom is 0.278 e. The van der Waals surface area contributed by atoms with E-state index < -0.39 is 0 Å². The molecule has 17 heavy (non-hydrogen) atoms. The number of pyridine rings is 1. The molecule has 0 aliphatic carbocycles. The maximum absolute atomic E-state index is 5.60. The zero-order valence-electron chi connectivity index (χ0n) is 9.92. The van der Waals surface area contributed by atoms with Crippen molar-refractivity contribution in [3.63, 3.8) is 0 Å². The molecule has 2 rings (SSSR count). The van der Waals surface area contributed by atoms with Crippen LogP contribution in [0.2, 0.25) is 0 Å². The first-order valence-corrected chi connectivity index (χ1v) is 5.56. The van der Waals surface area contributed by atoms with Gasteiger partial charge in [0.15, 0.2) is 0 Å². The van der Waals surface area contributed by atoms with Crippen LogP contribution in [0.15, 0.2) is 22.7 Å². The van der Waals surface area contributed by atoms with Gasteiger partial charge < -0.3 is 15.2 Å². The Hall–Kier alpha value is -2.11. The van der Waals surface area contributed by atoms with Gasteiger partial charge in [-0.05, 0) is 31.1 Å². The average Bonchev–Trinajstić information content (AvgIpc) is 2.80. The maximum atomic E-state index is 5.60. The second-order valence-electron chi connectivity index (χ2n) is 3.52. The van der Waals surface area contributed by atoms with Gasteiger partial charge >= 0.3 is 0 Å². The smallest absolute Gasteiger partial charge is 0.278 e. The van der Waals surface area contributed by atoms with E-state index >= 15 is 0 Å². The summed E-state index contributed by atoms with van der Waals surface area (Å²) in [4.78, 5) is 10.4. The van der Waals surface area contributed by atoms with Crippen LogP contribution in [0.3, 0.4) is 0 Å². The molecule has 2 aromatic rings. The van der Waals surface area contributed by atoms with Crippen molar-refractivity contribution in [2.45, 2.75) is 13.8 Å². The Morgan fingerprint density at radius 1 is 1.24 bits per heavy atom. The molecule has 0 spiro atoms. The molecule has 0 saturated carbocycles. The van der Waals surface area contributed by atoms with Crippen LogP contribution in [0.25, 0.3) is 11.6 Å². The second kappa shape index (κ2) is 4.82. The first kappa shape index (κ1) is 11.4. The fraction of sp³-hybridized carbons (Fsp3) is 0.364. The first-order chi connectivity index (χ1) is 8.24. The summed E-state index contributed by atoms with van der Waals surface area (Å²) in [6, 6.07) is 5.31. The normalized spacial score (nSPS) is 10.5. The van der Waals surface area contributed by atoms with E-state index in [1.165, 1.54) is 0 Å². The number of aromatic nitrogens is 3. The zero-order valence-corrected chi connectivity index (χ0v) is 9.92. The van der Waals surface area contributed by atoms with Crippen molar-refractivity contribution in [2.24, 2.45) is 0 Å². The van der Waals surface area contributed by atoms with E-state index in [4.69, 9.17) is 10.3 Å². The zero-order chi connectivity index (χ0) is 12.3. The minimum absolute atomic E-state index is 0.388. The van der Waals surface area contributed by atoms with E-state index in [-0.39, 0.29) is 0 Å². The number of nitrogen functional groups attached to an aromatic ring is 1. The molecular weight excluding hydrogens is 218 g/mol. The van der Waals surface area contributed by atoms with E-state index in [1.807, 2.05) is 18.7 Å². The highest BCUT2D eigenvalue weighted by Gasteiger charge is 2.13. The summed E-state index contributed by atoms with van der Waals surface area (Å²) in [5, 5.41) is 3.92. The van der Waals surface area contributed by atoms with Crippen molar-refractivity contribution < 1.29 is 4.52 Å². The van der Waals surface area contributed by atoms with Gasteiger partial charge in [0.2, 0.25) is 0 Å². The summed E-state index contributed by atoms with van der Waals surface area (Å²) < 4.78 is 5.17. The Balaban J connectivity index is 2.29. The fourth-order valence-corrected chi connectivity index (χ4v) is 1.53. The SMILES string of the molecule is CCN(CC)c1noc(-c2cccc(N)n2)n1. The molecule has 6 heteroatoms. The highest BCUT2D eigenvalue weighted by atomic mass is 16.5. The summed E-state index contributed by atoms with van der Waals surface area (Å²) in [6.45, 7) is 5.75. The van der Waals surface area contributed by atoms with Gasteiger partial charge in [0.1, 0.15) is 11.5 Å². The highest BCUT2D eigenvalue weighted by Crippen LogP contribution is 2.18. The number of nitrogens with two attached hydrogens (primary N) is 1. The molecule has 2 aromatic heterocycles. The summed E-state index contributed by atoms with van der Waals surface area (Å²) in [6.07, 6.45) is 0. The Bertz CT molecular complexity index is 492. The van der Waals surface area contributed by atoms with Crippen LogP contribution < -0.4 is 10.6 Å². The van der Waals surface area contributed by atoms with Crippen LogP contribution in [0, 0.1) is 0 Å². The van der Waals surface area contributed by atoms with Crippen LogP contribution in [-0.2, 0) is 0 Å². The van der Waals surface area contributed by atoms with E-state index in [2.05, 4.69) is 15.1 Å². The molecule has 0 radical (unpaired) electrons. The molecule has 0 bridgehead atoms. The number of anilines is 2. The van der Waals surface area contributed by atoms with Gasteiger partial charge in [-0.25, -0.2) is 4.98 Å². The molecule has 90 valence electrons. The van der Waals surface area contributed by atoms with Crippen LogP contribution in [0.5, 0.6) is 0 Å². The first-order valence-electron chi connectivity index (χ1n) is 5.56. The molecule has 0 aliphatic rings. The van der Waals surface area contributed by atoms with E-state index in [9.17, 15) is 0 Å². The van der Waals surface area contributed by atoms with Crippen molar-refractivity contribution in [3.05, 3.63) is 18.2 Å². The van der Waals surface area contributed by atoms with Crippen LogP contribution in [0.1, 0.15) is 13.8 Å². The van der Waals surface area contributed by atoms with Crippen molar-refractivity contribution in [2.75, 3.05) is 23.7 Å². The lowest BCUT2D eigenvalue weighted by molar-refractivity contribution is 0.428. The lowest BCUT2D eigenvalue weighted by Gasteiger charge is -2.14. The molecule has 2 N–H and O–H groups in total. The second-order valence-corrected chi connectivity index (χ2v) is 3.52.